The lowest BCUT2D eigenvalue weighted by Gasteiger charge is -2.13. The maximum atomic E-state index is 12.9. The summed E-state index contributed by atoms with van der Waals surface area (Å²) in [7, 11) is -3.86. The first-order valence-corrected chi connectivity index (χ1v) is 11.8. The molecule has 0 spiro atoms. The summed E-state index contributed by atoms with van der Waals surface area (Å²) in [5, 5.41) is 3.11. The predicted molar refractivity (Wildman–Crippen MR) is 126 cm³/mol. The number of rotatable bonds is 8. The zero-order valence-corrected chi connectivity index (χ0v) is 19.2. The number of ether oxygens (including phenoxy) is 2. The van der Waals surface area contributed by atoms with Crippen LogP contribution in [0.3, 0.4) is 0 Å². The summed E-state index contributed by atoms with van der Waals surface area (Å²) in [4.78, 5) is 9.13. The van der Waals surface area contributed by atoms with Gasteiger partial charge in [0.05, 0.1) is 15.9 Å². The van der Waals surface area contributed by atoms with E-state index in [-0.39, 0.29) is 17.5 Å². The van der Waals surface area contributed by atoms with Crippen LogP contribution in [0, 0.1) is 0 Å². The molecule has 0 radical (unpaired) electrons. The molecule has 164 valence electrons. The number of allylic oxidation sites excluding steroid dienone is 2. The molecule has 0 amide bonds. The fraction of sp³-hybridized carbons (Fsp3) is 0.0909. The largest absolute Gasteiger partial charge is 0.454 e. The van der Waals surface area contributed by atoms with E-state index < -0.39 is 10.0 Å². The van der Waals surface area contributed by atoms with E-state index in [9.17, 15) is 8.42 Å². The number of hydrogen-bond acceptors (Lipinski definition) is 7. The van der Waals surface area contributed by atoms with Gasteiger partial charge in [0.2, 0.25) is 6.79 Å². The van der Waals surface area contributed by atoms with Gasteiger partial charge in [0.15, 0.2) is 23.2 Å². The number of benzene rings is 2. The Morgan fingerprint density at radius 2 is 1.66 bits per heavy atom. The van der Waals surface area contributed by atoms with E-state index in [4.69, 9.17) is 9.47 Å². The van der Waals surface area contributed by atoms with Gasteiger partial charge in [-0.05, 0) is 48.6 Å². The zero-order valence-electron chi connectivity index (χ0n) is 16.8. The highest BCUT2D eigenvalue weighted by atomic mass is 79.9. The number of fused-ring (bicyclic) bond motifs is 1. The summed E-state index contributed by atoms with van der Waals surface area (Å²) in [6.45, 7) is 4.16. The summed E-state index contributed by atoms with van der Waals surface area (Å²) in [5.74, 6) is 1.54. The van der Waals surface area contributed by atoms with Crippen molar-refractivity contribution < 1.29 is 17.9 Å². The Morgan fingerprint density at radius 1 is 1.00 bits per heavy atom. The van der Waals surface area contributed by atoms with Crippen molar-refractivity contribution in [3.05, 3.63) is 89.3 Å². The quantitative estimate of drug-likeness (QED) is 0.454. The van der Waals surface area contributed by atoms with Crippen LogP contribution in [0.1, 0.15) is 0 Å². The van der Waals surface area contributed by atoms with Crippen molar-refractivity contribution in [1.29, 1.82) is 0 Å². The van der Waals surface area contributed by atoms with Crippen LogP contribution >= 0.6 is 15.9 Å². The summed E-state index contributed by atoms with van der Waals surface area (Å²) >= 11 is 3.31. The van der Waals surface area contributed by atoms with Crippen LogP contribution in [-0.4, -0.2) is 31.7 Å². The fourth-order valence-electron chi connectivity index (χ4n) is 2.90. The van der Waals surface area contributed by atoms with Gasteiger partial charge in [-0.1, -0.05) is 40.7 Å². The molecule has 2 aromatic carbocycles. The highest BCUT2D eigenvalue weighted by molar-refractivity contribution is 9.10. The fourth-order valence-corrected chi connectivity index (χ4v) is 4.18. The highest BCUT2D eigenvalue weighted by Crippen LogP contribution is 2.25. The molecule has 10 heteroatoms. The summed E-state index contributed by atoms with van der Waals surface area (Å²) in [6, 6.07) is 13.6. The lowest BCUT2D eigenvalue weighted by atomic mass is 10.3. The monoisotopic (exact) mass is 514 g/mol. The Kier molecular flexibility index (Phi) is 6.42. The molecule has 0 atom stereocenters. The van der Waals surface area contributed by atoms with E-state index in [0.29, 0.717) is 34.9 Å². The second kappa shape index (κ2) is 9.41. The lowest BCUT2D eigenvalue weighted by molar-refractivity contribution is 0.0778. The number of sulfonamides is 1. The molecule has 2 heterocycles. The molecular formula is C22H19BrN4O4S. The average Bonchev–Trinajstić information content (AvgIpc) is 3.24. The Bertz CT molecular complexity index is 1320. The van der Waals surface area contributed by atoms with Gasteiger partial charge in [0.25, 0.3) is 10.0 Å². The predicted octanol–water partition coefficient (Wildman–Crippen LogP) is 4.56. The molecule has 0 bridgehead atoms. The van der Waals surface area contributed by atoms with Crippen LogP contribution < -0.4 is 10.0 Å². The maximum Gasteiger partial charge on any atom is 0.263 e. The highest BCUT2D eigenvalue weighted by Gasteiger charge is 2.19. The average molecular weight is 515 g/mol. The van der Waals surface area contributed by atoms with Crippen molar-refractivity contribution in [2.45, 2.75) is 4.90 Å². The number of halogens is 1. The summed E-state index contributed by atoms with van der Waals surface area (Å²) in [6.07, 6.45) is 5.12. The van der Waals surface area contributed by atoms with Crippen molar-refractivity contribution in [1.82, 2.24) is 9.97 Å². The zero-order chi connectivity index (χ0) is 22.6. The second-order valence-electron chi connectivity index (χ2n) is 6.59. The molecular weight excluding hydrogens is 496 g/mol. The topological polar surface area (TPSA) is 102 Å². The minimum atomic E-state index is -3.86. The molecule has 0 aliphatic carbocycles. The van der Waals surface area contributed by atoms with Crippen molar-refractivity contribution >= 4 is 48.6 Å². The van der Waals surface area contributed by atoms with E-state index in [2.05, 4.69) is 42.5 Å². The maximum absolute atomic E-state index is 12.9. The Morgan fingerprint density at radius 3 is 2.34 bits per heavy atom. The SMILES string of the molecule is C=CC1=C(/C=C\CNc2nc3ccccc3nc2NS(=O)(=O)c2ccc(Br)cc2)OCO1. The third-order valence-electron chi connectivity index (χ3n) is 4.44. The third kappa shape index (κ3) is 4.92. The van der Waals surface area contributed by atoms with Gasteiger partial charge in [-0.25, -0.2) is 18.4 Å². The van der Waals surface area contributed by atoms with Gasteiger partial charge in [0, 0.05) is 11.0 Å². The van der Waals surface area contributed by atoms with Crippen molar-refractivity contribution in [2.24, 2.45) is 0 Å². The first-order chi connectivity index (χ1) is 15.5. The standard InChI is InChI=1S/C22H19BrN4O4S/c1-2-19-20(31-14-30-19)8-5-13-24-21-22(26-18-7-4-3-6-17(18)25-21)27-32(28,29)16-11-9-15(23)10-12-16/h2-12H,1,13-14H2,(H,24,25)(H,26,27)/b8-5-. The second-order valence-corrected chi connectivity index (χ2v) is 9.19. The molecule has 2 N–H and O–H groups in total. The lowest BCUT2D eigenvalue weighted by Crippen LogP contribution is -2.16. The van der Waals surface area contributed by atoms with Gasteiger partial charge >= 0.3 is 0 Å². The normalized spacial score (nSPS) is 13.8. The van der Waals surface area contributed by atoms with Gasteiger partial charge in [-0.3, -0.25) is 4.72 Å². The number of aromatic nitrogens is 2. The number of nitrogens with one attached hydrogen (secondary N) is 2. The third-order valence-corrected chi connectivity index (χ3v) is 6.32. The molecule has 1 aliphatic heterocycles. The van der Waals surface area contributed by atoms with Gasteiger partial charge in [-0.2, -0.15) is 0 Å². The summed E-state index contributed by atoms with van der Waals surface area (Å²) < 4.78 is 39.7. The van der Waals surface area contributed by atoms with Crippen LogP contribution in [-0.2, 0) is 19.5 Å². The minimum Gasteiger partial charge on any atom is -0.454 e. The van der Waals surface area contributed by atoms with Gasteiger partial charge in [0.1, 0.15) is 0 Å². The Labute approximate surface area is 193 Å². The van der Waals surface area contributed by atoms with E-state index in [1.165, 1.54) is 12.1 Å². The van der Waals surface area contributed by atoms with E-state index in [0.717, 1.165) is 4.47 Å². The van der Waals surface area contributed by atoms with Crippen LogP contribution in [0.15, 0.2) is 94.2 Å². The van der Waals surface area contributed by atoms with Gasteiger partial charge < -0.3 is 14.8 Å². The van der Waals surface area contributed by atoms with E-state index in [1.54, 1.807) is 42.5 Å². The molecule has 1 aromatic heterocycles. The molecule has 0 saturated carbocycles. The molecule has 1 aliphatic rings. The van der Waals surface area contributed by atoms with Gasteiger partial charge in [-0.15, -0.1) is 0 Å². The Hall–Kier alpha value is -3.37. The number of nitrogens with zero attached hydrogens (tertiary/aromatic N) is 2. The van der Waals surface area contributed by atoms with E-state index >= 15 is 0 Å². The van der Waals surface area contributed by atoms with E-state index in [1.807, 2.05) is 12.1 Å². The smallest absolute Gasteiger partial charge is 0.263 e. The molecule has 8 nitrogen and oxygen atoms in total. The summed E-state index contributed by atoms with van der Waals surface area (Å²) in [5.41, 5.74) is 1.20. The van der Waals surface area contributed by atoms with Crippen molar-refractivity contribution in [2.75, 3.05) is 23.4 Å². The molecule has 32 heavy (non-hydrogen) atoms. The molecule has 0 fully saturated rings. The molecule has 4 rings (SSSR count). The van der Waals surface area contributed by atoms with Crippen molar-refractivity contribution in [3.63, 3.8) is 0 Å². The minimum absolute atomic E-state index is 0.103. The van der Waals surface area contributed by atoms with Crippen molar-refractivity contribution in [3.8, 4) is 0 Å². The number of para-hydroxylation sites is 2. The molecule has 0 unspecified atom stereocenters. The Balaban J connectivity index is 1.60. The van der Waals surface area contributed by atoms with Crippen LogP contribution in [0.25, 0.3) is 11.0 Å². The first-order valence-electron chi connectivity index (χ1n) is 9.54. The number of hydrogen-bond donors (Lipinski definition) is 2. The number of anilines is 2. The van der Waals surface area contributed by atoms with Crippen LogP contribution in [0.5, 0.6) is 0 Å². The molecule has 3 aromatic rings. The van der Waals surface area contributed by atoms with Crippen LogP contribution in [0.4, 0.5) is 11.6 Å². The first kappa shape index (κ1) is 21.8. The van der Waals surface area contributed by atoms with Crippen LogP contribution in [0.2, 0.25) is 0 Å². The molecule has 0 saturated heterocycles.